The lowest BCUT2D eigenvalue weighted by Gasteiger charge is -2.35. The van der Waals surface area contributed by atoms with Crippen LogP contribution >= 0.6 is 23.4 Å². The number of nitrogens with zero attached hydrogens (tertiary/aromatic N) is 2. The molecule has 8 heteroatoms. The van der Waals surface area contributed by atoms with Crippen LogP contribution in [0.4, 0.5) is 5.69 Å². The van der Waals surface area contributed by atoms with E-state index in [-0.39, 0.29) is 18.2 Å². The van der Waals surface area contributed by atoms with E-state index in [9.17, 15) is 9.59 Å². The molecule has 1 fully saturated rings. The number of thioether (sulfide) groups is 1. The number of fused-ring (bicyclic) bond motifs is 1. The van der Waals surface area contributed by atoms with Crippen LogP contribution in [-0.2, 0) is 16.1 Å². The number of benzene rings is 2. The van der Waals surface area contributed by atoms with Gasteiger partial charge in [-0.25, -0.2) is 0 Å². The van der Waals surface area contributed by atoms with Crippen molar-refractivity contribution in [2.75, 3.05) is 38.6 Å². The first-order valence-electron chi connectivity index (χ1n) is 10.3. The average molecular weight is 460 g/mol. The minimum atomic E-state index is -0.421. The average Bonchev–Trinajstić information content (AvgIpc) is 2.75. The zero-order valence-electron chi connectivity index (χ0n) is 17.7. The van der Waals surface area contributed by atoms with Crippen molar-refractivity contribution in [2.45, 2.75) is 30.0 Å². The van der Waals surface area contributed by atoms with Gasteiger partial charge in [-0.15, -0.1) is 11.8 Å². The van der Waals surface area contributed by atoms with Crippen molar-refractivity contribution < 1.29 is 14.3 Å². The van der Waals surface area contributed by atoms with Crippen molar-refractivity contribution >= 4 is 40.9 Å². The predicted octanol–water partition coefficient (Wildman–Crippen LogP) is 3.80. The maximum atomic E-state index is 12.9. The number of hydrogen-bond donors (Lipinski definition) is 1. The minimum Gasteiger partial charge on any atom is -0.496 e. The van der Waals surface area contributed by atoms with Gasteiger partial charge in [-0.3, -0.25) is 14.5 Å². The summed E-state index contributed by atoms with van der Waals surface area (Å²) in [6.45, 7) is 5.80. The fourth-order valence-corrected chi connectivity index (χ4v) is 5.23. The number of carbonyl (C=O) groups excluding carboxylic acids is 2. The first kappa shape index (κ1) is 22.0. The van der Waals surface area contributed by atoms with E-state index < -0.39 is 5.25 Å². The highest BCUT2D eigenvalue weighted by Gasteiger charge is 2.31. The molecule has 2 aliphatic heterocycles. The Morgan fingerprint density at radius 1 is 1.19 bits per heavy atom. The summed E-state index contributed by atoms with van der Waals surface area (Å²) in [5.41, 5.74) is 3.08. The molecule has 0 bridgehead atoms. The first-order chi connectivity index (χ1) is 14.9. The van der Waals surface area contributed by atoms with Gasteiger partial charge in [-0.2, -0.15) is 0 Å². The lowest BCUT2D eigenvalue weighted by atomic mass is 10.1. The Hall–Kier alpha value is -2.22. The minimum absolute atomic E-state index is 0.0258. The van der Waals surface area contributed by atoms with Crippen LogP contribution in [0.5, 0.6) is 5.75 Å². The molecule has 1 N–H and O–H groups in total. The van der Waals surface area contributed by atoms with Crippen molar-refractivity contribution in [1.82, 2.24) is 9.80 Å². The van der Waals surface area contributed by atoms with E-state index >= 15 is 0 Å². The van der Waals surface area contributed by atoms with Crippen LogP contribution in [0.15, 0.2) is 41.3 Å². The largest absolute Gasteiger partial charge is 0.496 e. The van der Waals surface area contributed by atoms with Gasteiger partial charge in [0.25, 0.3) is 0 Å². The summed E-state index contributed by atoms with van der Waals surface area (Å²) in [5.74, 6) is 0.780. The molecule has 0 aromatic heterocycles. The molecule has 6 nitrogen and oxygen atoms in total. The van der Waals surface area contributed by atoms with Crippen LogP contribution in [-0.4, -0.2) is 60.2 Å². The molecule has 1 saturated heterocycles. The Labute approximate surface area is 191 Å². The normalized spacial score (nSPS) is 19.0. The summed E-state index contributed by atoms with van der Waals surface area (Å²) in [6, 6.07) is 11.6. The quantitative estimate of drug-likeness (QED) is 0.736. The number of anilines is 1. The first-order valence-corrected chi connectivity index (χ1v) is 11.6. The van der Waals surface area contributed by atoms with Crippen LogP contribution in [0.25, 0.3) is 0 Å². The molecule has 2 aliphatic rings. The standard InChI is InChI=1S/C23H26ClN3O3S/c1-15-3-5-19(30-2)16(11-15)14-26-7-9-27(10-8-26)22(28)13-21-23(29)25-18-12-17(24)4-6-20(18)31-21/h3-6,11-12,21H,7-10,13-14H2,1-2H3,(H,25,29). The van der Waals surface area contributed by atoms with E-state index in [2.05, 4.69) is 23.2 Å². The molecule has 2 amide bonds. The Kier molecular flexibility index (Phi) is 6.74. The molecule has 0 radical (unpaired) electrons. The topological polar surface area (TPSA) is 61.9 Å². The number of piperazine rings is 1. The van der Waals surface area contributed by atoms with E-state index in [4.69, 9.17) is 16.3 Å². The molecule has 0 spiro atoms. The third kappa shape index (κ3) is 5.17. The second-order valence-electron chi connectivity index (χ2n) is 7.91. The van der Waals surface area contributed by atoms with Gasteiger partial charge in [-0.1, -0.05) is 29.3 Å². The molecule has 0 saturated carbocycles. The molecule has 164 valence electrons. The van der Waals surface area contributed by atoms with Crippen molar-refractivity contribution in [3.05, 3.63) is 52.5 Å². The summed E-state index contributed by atoms with van der Waals surface area (Å²) in [7, 11) is 1.69. The SMILES string of the molecule is COc1ccc(C)cc1CN1CCN(C(=O)CC2Sc3ccc(Cl)cc3NC2=O)CC1. The van der Waals surface area contributed by atoms with Gasteiger partial charge in [0.15, 0.2) is 0 Å². The van der Waals surface area contributed by atoms with Gasteiger partial charge >= 0.3 is 0 Å². The van der Waals surface area contributed by atoms with E-state index in [0.29, 0.717) is 23.8 Å². The van der Waals surface area contributed by atoms with Gasteiger partial charge < -0.3 is 15.0 Å². The Bertz CT molecular complexity index is 992. The lowest BCUT2D eigenvalue weighted by Crippen LogP contribution is -2.49. The van der Waals surface area contributed by atoms with Gasteiger partial charge in [0.2, 0.25) is 11.8 Å². The summed E-state index contributed by atoms with van der Waals surface area (Å²) in [4.78, 5) is 30.5. The molecule has 2 aromatic carbocycles. The highest BCUT2D eigenvalue weighted by Crippen LogP contribution is 2.38. The van der Waals surface area contributed by atoms with Crippen molar-refractivity contribution in [1.29, 1.82) is 0 Å². The molecular formula is C23H26ClN3O3S. The third-order valence-electron chi connectivity index (χ3n) is 5.68. The predicted molar refractivity (Wildman–Crippen MR) is 124 cm³/mol. The fraction of sp³-hybridized carbons (Fsp3) is 0.391. The van der Waals surface area contributed by atoms with Crippen molar-refractivity contribution in [2.24, 2.45) is 0 Å². The van der Waals surface area contributed by atoms with Crippen molar-refractivity contribution in [3.63, 3.8) is 0 Å². The third-order valence-corrected chi connectivity index (χ3v) is 7.19. The number of nitrogens with one attached hydrogen (secondary N) is 1. The van der Waals surface area contributed by atoms with E-state index in [1.54, 1.807) is 19.2 Å². The van der Waals surface area contributed by atoms with Gasteiger partial charge in [-0.05, 0) is 31.2 Å². The monoisotopic (exact) mass is 459 g/mol. The summed E-state index contributed by atoms with van der Waals surface area (Å²) in [5, 5.41) is 3.03. The maximum absolute atomic E-state index is 12.9. The molecule has 4 rings (SSSR count). The molecule has 2 aromatic rings. The Morgan fingerprint density at radius 3 is 2.71 bits per heavy atom. The summed E-state index contributed by atoms with van der Waals surface area (Å²) in [6.07, 6.45) is 0.199. The molecule has 1 unspecified atom stereocenters. The maximum Gasteiger partial charge on any atom is 0.238 e. The summed E-state index contributed by atoms with van der Waals surface area (Å²) >= 11 is 7.43. The van der Waals surface area contributed by atoms with E-state index in [1.165, 1.54) is 17.3 Å². The highest BCUT2D eigenvalue weighted by atomic mass is 35.5. The smallest absolute Gasteiger partial charge is 0.238 e. The second kappa shape index (κ2) is 9.51. The van der Waals surface area contributed by atoms with Gasteiger partial charge in [0, 0.05) is 54.6 Å². The summed E-state index contributed by atoms with van der Waals surface area (Å²) < 4.78 is 5.49. The van der Waals surface area contributed by atoms with Gasteiger partial charge in [0.05, 0.1) is 18.0 Å². The number of amides is 2. The van der Waals surface area contributed by atoms with Crippen LogP contribution in [0.3, 0.4) is 0 Å². The highest BCUT2D eigenvalue weighted by molar-refractivity contribution is 8.01. The van der Waals surface area contributed by atoms with E-state index in [0.717, 1.165) is 35.8 Å². The number of halogens is 1. The van der Waals surface area contributed by atoms with E-state index in [1.807, 2.05) is 23.1 Å². The zero-order valence-corrected chi connectivity index (χ0v) is 19.3. The zero-order chi connectivity index (χ0) is 22.0. The second-order valence-corrected chi connectivity index (χ2v) is 9.59. The Balaban J connectivity index is 1.31. The van der Waals surface area contributed by atoms with Crippen molar-refractivity contribution in [3.8, 4) is 5.75 Å². The Morgan fingerprint density at radius 2 is 1.97 bits per heavy atom. The number of methoxy groups -OCH3 is 1. The van der Waals surface area contributed by atoms with Gasteiger partial charge in [0.1, 0.15) is 5.75 Å². The number of ether oxygens (including phenoxy) is 1. The van der Waals surface area contributed by atoms with Crippen LogP contribution in [0.2, 0.25) is 5.02 Å². The molecule has 1 atom stereocenters. The van der Waals surface area contributed by atoms with Crippen LogP contribution in [0.1, 0.15) is 17.5 Å². The lowest BCUT2D eigenvalue weighted by molar-refractivity contribution is -0.134. The number of aryl methyl sites for hydroxylation is 1. The number of hydrogen-bond acceptors (Lipinski definition) is 5. The fourth-order valence-electron chi connectivity index (χ4n) is 3.97. The molecule has 0 aliphatic carbocycles. The van der Waals surface area contributed by atoms with Crippen LogP contribution < -0.4 is 10.1 Å². The molecular weight excluding hydrogens is 434 g/mol. The molecule has 2 heterocycles. The van der Waals surface area contributed by atoms with Crippen LogP contribution in [0, 0.1) is 6.92 Å². The number of rotatable bonds is 5. The number of carbonyl (C=O) groups is 2. The molecule has 31 heavy (non-hydrogen) atoms.